The van der Waals surface area contributed by atoms with Gasteiger partial charge in [-0.1, -0.05) is 0 Å². The van der Waals surface area contributed by atoms with E-state index in [0.29, 0.717) is 0 Å². The summed E-state index contributed by atoms with van der Waals surface area (Å²) in [5.74, 6) is -0.0976. The van der Waals surface area contributed by atoms with Crippen LogP contribution in [-0.2, 0) is 4.79 Å². The average molecular weight is 102 g/mol. The van der Waals surface area contributed by atoms with E-state index in [1.54, 1.807) is 0 Å². The van der Waals surface area contributed by atoms with Crippen LogP contribution in [0.3, 0.4) is 0 Å². The van der Waals surface area contributed by atoms with Crippen molar-refractivity contribution in [2.24, 2.45) is 5.29 Å². The van der Waals surface area contributed by atoms with E-state index in [1.165, 1.54) is 6.92 Å². The molecule has 4 nitrogen and oxygen atoms in total. The van der Waals surface area contributed by atoms with E-state index in [1.807, 2.05) is 5.43 Å². The number of rotatable bonds is 3. The van der Waals surface area contributed by atoms with Crippen LogP contribution >= 0.6 is 0 Å². The summed E-state index contributed by atoms with van der Waals surface area (Å²) < 4.78 is 0. The Kier molecular flexibility index (Phi) is 2.83. The largest absolute Gasteiger partial charge is 0.298 e. The predicted octanol–water partition coefficient (Wildman–Crippen LogP) is -0.154. The molecule has 0 unspecified atom stereocenters. The smallest absolute Gasteiger partial charge is 0.150 e. The molecule has 0 saturated carbocycles. The van der Waals surface area contributed by atoms with Crippen LogP contribution in [0.15, 0.2) is 5.29 Å². The summed E-state index contributed by atoms with van der Waals surface area (Å²) in [5.41, 5.74) is 1.97. The Bertz CT molecular complexity index is 81.0. The second-order valence-electron chi connectivity index (χ2n) is 1.13. The normalized spacial score (nSPS) is 7.57. The molecular formula is C3H6N2O2. The first kappa shape index (κ1) is 6.07. The van der Waals surface area contributed by atoms with Crippen molar-refractivity contribution < 1.29 is 4.79 Å². The first-order chi connectivity index (χ1) is 3.27. The number of nitroso groups, excluding NO2 is 1. The Labute approximate surface area is 40.8 Å². The molecule has 0 radical (unpaired) electrons. The van der Waals surface area contributed by atoms with Crippen molar-refractivity contribution in [2.45, 2.75) is 6.92 Å². The fourth-order valence-electron chi connectivity index (χ4n) is 0.144. The van der Waals surface area contributed by atoms with E-state index in [0.717, 1.165) is 0 Å². The summed E-state index contributed by atoms with van der Waals surface area (Å²) in [4.78, 5) is 19.1. The molecule has 7 heavy (non-hydrogen) atoms. The van der Waals surface area contributed by atoms with Crippen LogP contribution in [0.4, 0.5) is 0 Å². The van der Waals surface area contributed by atoms with Crippen molar-refractivity contribution >= 4 is 5.78 Å². The highest BCUT2D eigenvalue weighted by atomic mass is 16.3. The quantitative estimate of drug-likeness (QED) is 0.398. The van der Waals surface area contributed by atoms with Gasteiger partial charge in [-0.2, -0.15) is 0 Å². The van der Waals surface area contributed by atoms with Gasteiger partial charge in [0.15, 0.2) is 5.78 Å². The van der Waals surface area contributed by atoms with Gasteiger partial charge in [-0.3, -0.25) is 10.2 Å². The van der Waals surface area contributed by atoms with Gasteiger partial charge in [0.25, 0.3) is 0 Å². The number of hydrogen-bond acceptors (Lipinski definition) is 3. The van der Waals surface area contributed by atoms with Crippen molar-refractivity contribution in [1.29, 1.82) is 0 Å². The second-order valence-corrected chi connectivity index (χ2v) is 1.13. The summed E-state index contributed by atoms with van der Waals surface area (Å²) in [7, 11) is 0. The van der Waals surface area contributed by atoms with Crippen molar-refractivity contribution in [3.8, 4) is 0 Å². The molecule has 0 atom stereocenters. The minimum atomic E-state index is -0.0976. The van der Waals surface area contributed by atoms with Gasteiger partial charge >= 0.3 is 0 Å². The van der Waals surface area contributed by atoms with Gasteiger partial charge in [0, 0.05) is 0 Å². The highest BCUT2D eigenvalue weighted by Crippen LogP contribution is 1.61. The van der Waals surface area contributed by atoms with E-state index < -0.39 is 0 Å². The lowest BCUT2D eigenvalue weighted by Gasteiger charge is -1.84. The third kappa shape index (κ3) is 5.07. The first-order valence-corrected chi connectivity index (χ1v) is 1.82. The van der Waals surface area contributed by atoms with E-state index in [2.05, 4.69) is 5.29 Å². The molecule has 0 saturated heterocycles. The standard InChI is InChI=1S/C3H6N2O2/c1-3(6)2-4-5-7/h2H2,1H3,(H,4,7). The third-order valence-electron chi connectivity index (χ3n) is 0.393. The summed E-state index contributed by atoms with van der Waals surface area (Å²) in [5, 5.41) is 2.26. The van der Waals surface area contributed by atoms with Gasteiger partial charge in [0.05, 0.1) is 11.8 Å². The zero-order valence-corrected chi connectivity index (χ0v) is 3.97. The van der Waals surface area contributed by atoms with Gasteiger partial charge in [0.1, 0.15) is 0 Å². The summed E-state index contributed by atoms with van der Waals surface area (Å²) in [6, 6.07) is 0. The molecule has 0 bridgehead atoms. The summed E-state index contributed by atoms with van der Waals surface area (Å²) in [6.07, 6.45) is 0. The Morgan fingerprint density at radius 3 is 2.57 bits per heavy atom. The van der Waals surface area contributed by atoms with E-state index in [9.17, 15) is 9.70 Å². The highest BCUT2D eigenvalue weighted by Gasteiger charge is 1.85. The van der Waals surface area contributed by atoms with Crippen LogP contribution < -0.4 is 5.43 Å². The Morgan fingerprint density at radius 1 is 1.86 bits per heavy atom. The average Bonchev–Trinajstić information content (AvgIpc) is 1.61. The van der Waals surface area contributed by atoms with Crippen molar-refractivity contribution in [3.63, 3.8) is 0 Å². The molecule has 4 heteroatoms. The lowest BCUT2D eigenvalue weighted by Crippen LogP contribution is -2.13. The molecule has 0 aromatic rings. The Balaban J connectivity index is 2.97. The van der Waals surface area contributed by atoms with Gasteiger partial charge in [-0.15, -0.1) is 4.91 Å². The van der Waals surface area contributed by atoms with Crippen LogP contribution in [0.1, 0.15) is 6.92 Å². The number of carbonyl (C=O) groups excluding carboxylic acids is 1. The highest BCUT2D eigenvalue weighted by molar-refractivity contribution is 5.77. The van der Waals surface area contributed by atoms with Crippen LogP contribution in [0.25, 0.3) is 0 Å². The van der Waals surface area contributed by atoms with E-state index in [-0.39, 0.29) is 12.3 Å². The minimum Gasteiger partial charge on any atom is -0.298 e. The van der Waals surface area contributed by atoms with Crippen LogP contribution in [0.5, 0.6) is 0 Å². The van der Waals surface area contributed by atoms with Crippen LogP contribution in [0, 0.1) is 4.91 Å². The molecule has 0 aliphatic rings. The fourth-order valence-corrected chi connectivity index (χ4v) is 0.144. The minimum absolute atomic E-state index is 0.0312. The van der Waals surface area contributed by atoms with Crippen LogP contribution in [-0.4, -0.2) is 12.3 Å². The number of hydrogen-bond donors (Lipinski definition) is 1. The number of ketones is 1. The zero-order chi connectivity index (χ0) is 5.70. The third-order valence-corrected chi connectivity index (χ3v) is 0.393. The molecule has 0 heterocycles. The topological polar surface area (TPSA) is 58.5 Å². The number of Topliss-reactive ketones (excluding diaryl/α,β-unsaturated/α-hetero) is 1. The predicted molar refractivity (Wildman–Crippen MR) is 24.5 cm³/mol. The number of nitrogens with one attached hydrogen (secondary N) is 1. The van der Waals surface area contributed by atoms with Crippen molar-refractivity contribution in [2.75, 3.05) is 6.54 Å². The summed E-state index contributed by atoms with van der Waals surface area (Å²) in [6.45, 7) is 1.40. The molecule has 0 aromatic heterocycles. The molecule has 0 fully saturated rings. The molecule has 40 valence electrons. The van der Waals surface area contributed by atoms with Gasteiger partial charge in [-0.05, 0) is 6.92 Å². The van der Waals surface area contributed by atoms with Gasteiger partial charge in [-0.25, -0.2) is 0 Å². The summed E-state index contributed by atoms with van der Waals surface area (Å²) >= 11 is 0. The maximum atomic E-state index is 9.94. The molecule has 1 N–H and O–H groups in total. The van der Waals surface area contributed by atoms with Crippen LogP contribution in [0.2, 0.25) is 0 Å². The van der Waals surface area contributed by atoms with E-state index >= 15 is 0 Å². The molecule has 0 aliphatic carbocycles. The SMILES string of the molecule is CC(=O)CNN=O. The lowest BCUT2D eigenvalue weighted by atomic mass is 10.5. The maximum Gasteiger partial charge on any atom is 0.150 e. The second kappa shape index (κ2) is 3.27. The number of nitrogens with zero attached hydrogens (tertiary/aromatic N) is 1. The zero-order valence-electron chi connectivity index (χ0n) is 3.97. The lowest BCUT2D eigenvalue weighted by molar-refractivity contribution is -0.116. The van der Waals surface area contributed by atoms with Crippen molar-refractivity contribution in [1.82, 2.24) is 5.43 Å². The van der Waals surface area contributed by atoms with Crippen molar-refractivity contribution in [3.05, 3.63) is 4.91 Å². The molecular weight excluding hydrogens is 96.0 g/mol. The maximum absolute atomic E-state index is 9.94. The van der Waals surface area contributed by atoms with Gasteiger partial charge in [0.2, 0.25) is 0 Å². The Morgan fingerprint density at radius 2 is 2.43 bits per heavy atom. The monoisotopic (exact) mass is 102 g/mol. The first-order valence-electron chi connectivity index (χ1n) is 1.82. The van der Waals surface area contributed by atoms with Gasteiger partial charge < -0.3 is 0 Å². The Hall–Kier alpha value is -0.930. The number of carbonyl (C=O) groups is 1. The fraction of sp³-hybridized carbons (Fsp3) is 0.667. The molecule has 0 rings (SSSR count). The van der Waals surface area contributed by atoms with E-state index in [4.69, 9.17) is 0 Å². The molecule has 0 aliphatic heterocycles. The molecule has 0 spiro atoms. The molecule has 0 aromatic carbocycles. The molecule has 0 amide bonds.